The van der Waals surface area contributed by atoms with E-state index in [1.807, 2.05) is 0 Å². The largest absolute Gasteiger partial charge is 0.497 e. The second-order valence-corrected chi connectivity index (χ2v) is 9.68. The normalized spacial score (nSPS) is 15.1. The van der Waals surface area contributed by atoms with Gasteiger partial charge < -0.3 is 19.5 Å². The highest BCUT2D eigenvalue weighted by Crippen LogP contribution is 2.37. The maximum Gasteiger partial charge on any atom is 0.264 e. The van der Waals surface area contributed by atoms with Gasteiger partial charge in [-0.3, -0.25) is 9.10 Å². The monoisotopic (exact) mass is 502 g/mol. The van der Waals surface area contributed by atoms with Crippen molar-refractivity contribution in [1.29, 1.82) is 0 Å². The van der Waals surface area contributed by atoms with Crippen LogP contribution in [-0.2, 0) is 14.8 Å². The Labute approximate surface area is 203 Å². The number of sulfonamides is 1. The highest BCUT2D eigenvalue weighted by Gasteiger charge is 2.37. The summed E-state index contributed by atoms with van der Waals surface area (Å²) in [5, 5.41) is 3.34. The Hall–Kier alpha value is -3.43. The van der Waals surface area contributed by atoms with Crippen molar-refractivity contribution in [2.75, 3.05) is 31.1 Å². The average Bonchev–Trinajstić information content (AvgIpc) is 2.86. The molecule has 1 aliphatic heterocycles. The third-order valence-electron chi connectivity index (χ3n) is 5.16. The van der Waals surface area contributed by atoms with Crippen molar-refractivity contribution < 1.29 is 27.4 Å². The Morgan fingerprint density at radius 2 is 1.74 bits per heavy atom. The van der Waals surface area contributed by atoms with Gasteiger partial charge in [0.1, 0.15) is 23.9 Å². The molecular formula is C24H23ClN2O6S. The molecule has 0 aliphatic carbocycles. The van der Waals surface area contributed by atoms with E-state index in [2.05, 4.69) is 5.32 Å². The van der Waals surface area contributed by atoms with Crippen LogP contribution in [0.1, 0.15) is 0 Å². The summed E-state index contributed by atoms with van der Waals surface area (Å²) in [5.74, 6) is 1.03. The van der Waals surface area contributed by atoms with E-state index in [4.69, 9.17) is 25.8 Å². The molecule has 34 heavy (non-hydrogen) atoms. The number of halogens is 1. The molecule has 3 aromatic carbocycles. The molecule has 8 nitrogen and oxygen atoms in total. The fraction of sp³-hybridized carbons (Fsp3) is 0.208. The van der Waals surface area contributed by atoms with Gasteiger partial charge in [0.05, 0.1) is 30.8 Å². The van der Waals surface area contributed by atoms with Gasteiger partial charge in [0.25, 0.3) is 15.9 Å². The van der Waals surface area contributed by atoms with Crippen molar-refractivity contribution in [1.82, 2.24) is 5.32 Å². The second kappa shape index (κ2) is 10.2. The lowest BCUT2D eigenvalue weighted by Gasteiger charge is -2.34. The number of fused-ring (bicyclic) bond motifs is 1. The van der Waals surface area contributed by atoms with Crippen molar-refractivity contribution >= 4 is 33.2 Å². The fourth-order valence-electron chi connectivity index (χ4n) is 3.43. The van der Waals surface area contributed by atoms with Crippen molar-refractivity contribution in [3.8, 4) is 17.2 Å². The third-order valence-corrected chi connectivity index (χ3v) is 7.20. The Bertz CT molecular complexity index is 1250. The molecule has 10 heteroatoms. The van der Waals surface area contributed by atoms with Gasteiger partial charge in [-0.15, -0.1) is 0 Å². The van der Waals surface area contributed by atoms with Crippen LogP contribution in [0, 0.1) is 0 Å². The molecule has 1 atom stereocenters. The van der Waals surface area contributed by atoms with E-state index < -0.39 is 22.0 Å². The van der Waals surface area contributed by atoms with E-state index in [9.17, 15) is 13.2 Å². The predicted octanol–water partition coefficient (Wildman–Crippen LogP) is 3.50. The van der Waals surface area contributed by atoms with Crippen LogP contribution in [0.25, 0.3) is 0 Å². The summed E-state index contributed by atoms with van der Waals surface area (Å²) in [6.07, 6.45) is -1.03. The van der Waals surface area contributed by atoms with Crippen LogP contribution >= 0.6 is 11.6 Å². The number of anilines is 1. The molecule has 4 rings (SSSR count). The van der Waals surface area contributed by atoms with Crippen LogP contribution in [-0.4, -0.2) is 47.2 Å². The summed E-state index contributed by atoms with van der Waals surface area (Å²) in [5.41, 5.74) is 0.369. The smallest absolute Gasteiger partial charge is 0.264 e. The lowest BCUT2D eigenvalue weighted by atomic mass is 10.2. The molecule has 1 N–H and O–H groups in total. The van der Waals surface area contributed by atoms with Gasteiger partial charge in [-0.05, 0) is 60.7 Å². The summed E-state index contributed by atoms with van der Waals surface area (Å²) in [6.45, 7) is 0.272. The van der Waals surface area contributed by atoms with Gasteiger partial charge in [-0.25, -0.2) is 8.42 Å². The van der Waals surface area contributed by atoms with Crippen LogP contribution in [0.5, 0.6) is 17.2 Å². The van der Waals surface area contributed by atoms with Crippen LogP contribution < -0.4 is 23.8 Å². The molecule has 1 aliphatic rings. The maximum atomic E-state index is 13.4. The number of hydrogen-bond acceptors (Lipinski definition) is 6. The van der Waals surface area contributed by atoms with Crippen molar-refractivity contribution in [3.05, 3.63) is 77.8 Å². The highest BCUT2D eigenvalue weighted by atomic mass is 35.5. The summed E-state index contributed by atoms with van der Waals surface area (Å²) < 4.78 is 44.6. The number of ether oxygens (including phenoxy) is 3. The lowest BCUT2D eigenvalue weighted by Crippen LogP contribution is -2.51. The summed E-state index contributed by atoms with van der Waals surface area (Å²) in [4.78, 5) is 12.9. The van der Waals surface area contributed by atoms with Crippen LogP contribution in [0.2, 0.25) is 5.02 Å². The number of nitrogens with one attached hydrogen (secondary N) is 1. The molecule has 0 radical (unpaired) electrons. The van der Waals surface area contributed by atoms with Crippen LogP contribution in [0.3, 0.4) is 0 Å². The molecule has 0 fully saturated rings. The Kier molecular flexibility index (Phi) is 7.14. The van der Waals surface area contributed by atoms with E-state index in [-0.39, 0.29) is 24.6 Å². The first-order valence-corrected chi connectivity index (χ1v) is 12.3. The van der Waals surface area contributed by atoms with E-state index in [1.165, 1.54) is 23.5 Å². The molecule has 1 heterocycles. The molecule has 0 unspecified atom stereocenters. The van der Waals surface area contributed by atoms with Crippen molar-refractivity contribution in [3.63, 3.8) is 0 Å². The minimum atomic E-state index is -3.95. The summed E-state index contributed by atoms with van der Waals surface area (Å²) in [7, 11) is -2.44. The highest BCUT2D eigenvalue weighted by molar-refractivity contribution is 7.92. The Balaban J connectivity index is 1.46. The Morgan fingerprint density at radius 1 is 1.06 bits per heavy atom. The zero-order chi connectivity index (χ0) is 24.1. The number of para-hydroxylation sites is 2. The number of amides is 1. The third kappa shape index (κ3) is 5.21. The second-order valence-electron chi connectivity index (χ2n) is 7.38. The van der Waals surface area contributed by atoms with Crippen LogP contribution in [0.4, 0.5) is 5.69 Å². The minimum Gasteiger partial charge on any atom is -0.497 e. The maximum absolute atomic E-state index is 13.4. The van der Waals surface area contributed by atoms with Crippen LogP contribution in [0.15, 0.2) is 77.7 Å². The van der Waals surface area contributed by atoms with Gasteiger partial charge in [-0.2, -0.15) is 0 Å². The number of carbonyl (C=O) groups excluding carboxylic acids is 1. The standard InChI is InChI=1S/C24H23ClN2O6S/c1-31-18-10-12-20(13-11-18)34(29,30)27-16-23(33-22-5-3-2-4-21(22)27)24(28)26-14-15-32-19-8-6-17(25)7-9-19/h2-13,23H,14-16H2,1H3,(H,26,28)/t23-/m1/s1. The van der Waals surface area contributed by atoms with E-state index in [0.29, 0.717) is 28.0 Å². The van der Waals surface area contributed by atoms with Crippen molar-refractivity contribution in [2.24, 2.45) is 0 Å². The molecule has 0 saturated heterocycles. The molecule has 0 aromatic heterocycles. The fourth-order valence-corrected chi connectivity index (χ4v) is 5.03. The van der Waals surface area contributed by atoms with E-state index in [1.54, 1.807) is 60.7 Å². The zero-order valence-corrected chi connectivity index (χ0v) is 19.9. The molecule has 0 saturated carbocycles. The first-order chi connectivity index (χ1) is 16.4. The number of methoxy groups -OCH3 is 1. The first kappa shape index (κ1) is 23.7. The molecule has 3 aromatic rings. The van der Waals surface area contributed by atoms with Gasteiger partial charge in [0.15, 0.2) is 6.10 Å². The number of nitrogens with zero attached hydrogens (tertiary/aromatic N) is 1. The molecule has 0 spiro atoms. The Morgan fingerprint density at radius 3 is 2.44 bits per heavy atom. The summed E-state index contributed by atoms with van der Waals surface area (Å²) >= 11 is 5.85. The lowest BCUT2D eigenvalue weighted by molar-refractivity contribution is -0.127. The molecule has 178 valence electrons. The molecular weight excluding hydrogens is 480 g/mol. The van der Waals surface area contributed by atoms with Crippen molar-refractivity contribution in [2.45, 2.75) is 11.0 Å². The van der Waals surface area contributed by atoms with E-state index >= 15 is 0 Å². The number of carbonyl (C=O) groups is 1. The first-order valence-electron chi connectivity index (χ1n) is 10.5. The number of rotatable bonds is 8. The van der Waals surface area contributed by atoms with Gasteiger partial charge in [-0.1, -0.05) is 23.7 Å². The quantitative estimate of drug-likeness (QED) is 0.474. The predicted molar refractivity (Wildman–Crippen MR) is 128 cm³/mol. The minimum absolute atomic E-state index is 0.0838. The number of benzene rings is 3. The van der Waals surface area contributed by atoms with Gasteiger partial charge in [0, 0.05) is 5.02 Å². The van der Waals surface area contributed by atoms with Gasteiger partial charge in [0.2, 0.25) is 0 Å². The SMILES string of the molecule is COc1ccc(S(=O)(=O)N2C[C@H](C(=O)NCCOc3ccc(Cl)cc3)Oc3ccccc32)cc1. The topological polar surface area (TPSA) is 94.2 Å². The molecule has 0 bridgehead atoms. The summed E-state index contributed by atoms with van der Waals surface area (Å²) in [6, 6.07) is 19.7. The zero-order valence-electron chi connectivity index (χ0n) is 18.3. The van der Waals surface area contributed by atoms with Gasteiger partial charge >= 0.3 is 0 Å². The average molecular weight is 503 g/mol. The molecule has 1 amide bonds. The van der Waals surface area contributed by atoms with E-state index in [0.717, 1.165) is 0 Å². The number of hydrogen-bond donors (Lipinski definition) is 1.